The first-order valence-corrected chi connectivity index (χ1v) is 6.14. The van der Waals surface area contributed by atoms with Gasteiger partial charge in [0.05, 0.1) is 11.6 Å². The van der Waals surface area contributed by atoms with E-state index >= 15 is 0 Å². The van der Waals surface area contributed by atoms with E-state index in [0.29, 0.717) is 27.1 Å². The van der Waals surface area contributed by atoms with Gasteiger partial charge in [-0.25, -0.2) is 0 Å². The minimum atomic E-state index is 0.535. The summed E-state index contributed by atoms with van der Waals surface area (Å²) in [4.78, 5) is 0. The maximum atomic E-state index is 8.85. The van der Waals surface area contributed by atoms with Crippen LogP contribution in [-0.2, 0) is 0 Å². The Morgan fingerprint density at radius 2 is 1.79 bits per heavy atom. The summed E-state index contributed by atoms with van der Waals surface area (Å²) in [6.07, 6.45) is 1.75. The number of aromatic nitrogens is 3. The molecule has 92 valence electrons. The lowest BCUT2D eigenvalue weighted by molar-refractivity contribution is 1.11. The van der Waals surface area contributed by atoms with Crippen molar-refractivity contribution in [3.05, 3.63) is 52.1 Å². The molecule has 0 unspecified atom stereocenters. The van der Waals surface area contributed by atoms with Crippen LogP contribution in [0.15, 0.2) is 36.5 Å². The number of nitriles is 1. The molecule has 19 heavy (non-hydrogen) atoms. The molecule has 6 heteroatoms. The number of benzene rings is 1. The van der Waals surface area contributed by atoms with Crippen LogP contribution in [0.3, 0.4) is 0 Å². The third kappa shape index (κ3) is 2.14. The van der Waals surface area contributed by atoms with Gasteiger partial charge in [0.2, 0.25) is 0 Å². The highest BCUT2D eigenvalue weighted by Crippen LogP contribution is 2.26. The maximum Gasteiger partial charge on any atom is 0.168 e. The van der Waals surface area contributed by atoms with Gasteiger partial charge in [-0.3, -0.25) is 4.40 Å². The van der Waals surface area contributed by atoms with Crippen molar-refractivity contribution in [2.45, 2.75) is 0 Å². The zero-order valence-corrected chi connectivity index (χ0v) is 11.0. The highest BCUT2D eigenvalue weighted by atomic mass is 35.5. The van der Waals surface area contributed by atoms with Crippen LogP contribution in [0.25, 0.3) is 17.0 Å². The summed E-state index contributed by atoms with van der Waals surface area (Å²) in [5.41, 5.74) is 1.91. The van der Waals surface area contributed by atoms with Gasteiger partial charge in [0.15, 0.2) is 11.5 Å². The summed E-state index contributed by atoms with van der Waals surface area (Å²) in [5.74, 6) is 0.629. The highest BCUT2D eigenvalue weighted by molar-refractivity contribution is 6.35. The van der Waals surface area contributed by atoms with E-state index < -0.39 is 0 Å². The predicted octanol–water partition coefficient (Wildman–Crippen LogP) is 3.57. The number of hydrogen-bond acceptors (Lipinski definition) is 3. The zero-order valence-electron chi connectivity index (χ0n) is 9.51. The van der Waals surface area contributed by atoms with Crippen LogP contribution in [0.4, 0.5) is 0 Å². The van der Waals surface area contributed by atoms with E-state index in [2.05, 4.69) is 16.3 Å². The molecule has 0 aliphatic rings. The SMILES string of the molecule is N#Cc1ccn2c(-c3cc(Cl)cc(Cl)c3)nnc2c1. The molecule has 0 amide bonds. The molecule has 0 radical (unpaired) electrons. The Bertz CT molecular complexity index is 797. The Balaban J connectivity index is 2.23. The zero-order chi connectivity index (χ0) is 13.4. The van der Waals surface area contributed by atoms with Crippen molar-refractivity contribution in [1.82, 2.24) is 14.6 Å². The molecule has 0 bridgehead atoms. The molecule has 4 nitrogen and oxygen atoms in total. The fourth-order valence-electron chi connectivity index (χ4n) is 1.84. The third-order valence-corrected chi connectivity index (χ3v) is 3.10. The van der Waals surface area contributed by atoms with E-state index in [1.54, 1.807) is 40.9 Å². The maximum absolute atomic E-state index is 8.85. The van der Waals surface area contributed by atoms with E-state index in [9.17, 15) is 0 Å². The van der Waals surface area contributed by atoms with Crippen molar-refractivity contribution in [2.24, 2.45) is 0 Å². The van der Waals surface area contributed by atoms with Gasteiger partial charge in [-0.15, -0.1) is 10.2 Å². The molecule has 3 rings (SSSR count). The average molecular weight is 289 g/mol. The van der Waals surface area contributed by atoms with Crippen LogP contribution in [0, 0.1) is 11.3 Å². The molecule has 0 N–H and O–H groups in total. The Hall–Kier alpha value is -2.09. The molecule has 2 aromatic heterocycles. The van der Waals surface area contributed by atoms with E-state index in [1.807, 2.05) is 0 Å². The van der Waals surface area contributed by atoms with Gasteiger partial charge in [0.25, 0.3) is 0 Å². The first kappa shape index (κ1) is 12.0. The number of pyridine rings is 1. The predicted molar refractivity (Wildman–Crippen MR) is 73.2 cm³/mol. The van der Waals surface area contributed by atoms with E-state index in [4.69, 9.17) is 28.5 Å². The summed E-state index contributed by atoms with van der Waals surface area (Å²) in [6, 6.07) is 10.6. The molecule has 0 saturated carbocycles. The molecule has 3 aromatic rings. The molecular weight excluding hydrogens is 283 g/mol. The van der Waals surface area contributed by atoms with Crippen LogP contribution in [0.2, 0.25) is 10.0 Å². The average Bonchev–Trinajstić information content (AvgIpc) is 2.80. The number of fused-ring (bicyclic) bond motifs is 1. The Morgan fingerprint density at radius 1 is 1.05 bits per heavy atom. The second-order valence-corrected chi connectivity index (χ2v) is 4.81. The van der Waals surface area contributed by atoms with Crippen molar-refractivity contribution < 1.29 is 0 Å². The van der Waals surface area contributed by atoms with E-state index in [-0.39, 0.29) is 0 Å². The van der Waals surface area contributed by atoms with Gasteiger partial charge in [-0.05, 0) is 24.3 Å². The second kappa shape index (κ2) is 4.54. The molecule has 0 aliphatic heterocycles. The smallest absolute Gasteiger partial charge is 0.168 e. The molecule has 1 aromatic carbocycles. The fourth-order valence-corrected chi connectivity index (χ4v) is 2.37. The molecule has 0 aliphatic carbocycles. The van der Waals surface area contributed by atoms with E-state index in [0.717, 1.165) is 5.56 Å². The third-order valence-electron chi connectivity index (χ3n) is 2.66. The lowest BCUT2D eigenvalue weighted by Gasteiger charge is -2.02. The van der Waals surface area contributed by atoms with Crippen LogP contribution in [-0.4, -0.2) is 14.6 Å². The Morgan fingerprint density at radius 3 is 2.47 bits per heavy atom. The standard InChI is InChI=1S/C13H6Cl2N4/c14-10-4-9(5-11(15)6-10)13-18-17-12-3-8(7-16)1-2-19(12)13/h1-6H. The van der Waals surface area contributed by atoms with Crippen molar-refractivity contribution in [2.75, 3.05) is 0 Å². The highest BCUT2D eigenvalue weighted by Gasteiger charge is 2.10. The van der Waals surface area contributed by atoms with Gasteiger partial charge >= 0.3 is 0 Å². The number of hydrogen-bond donors (Lipinski definition) is 0. The summed E-state index contributed by atoms with van der Waals surface area (Å²) in [7, 11) is 0. The number of halogens is 2. The topological polar surface area (TPSA) is 54.0 Å². The molecule has 2 heterocycles. The molecule has 0 saturated heterocycles. The number of rotatable bonds is 1. The van der Waals surface area contributed by atoms with Crippen LogP contribution in [0.5, 0.6) is 0 Å². The van der Waals surface area contributed by atoms with Crippen molar-refractivity contribution in [3.63, 3.8) is 0 Å². The molecule has 0 spiro atoms. The summed E-state index contributed by atoms with van der Waals surface area (Å²) < 4.78 is 1.78. The molecule has 0 fully saturated rings. The quantitative estimate of drug-likeness (QED) is 0.688. The van der Waals surface area contributed by atoms with Gasteiger partial charge in [-0.1, -0.05) is 23.2 Å². The molecular formula is C13H6Cl2N4. The monoisotopic (exact) mass is 288 g/mol. The summed E-state index contributed by atoms with van der Waals surface area (Å²) in [6.45, 7) is 0. The lowest BCUT2D eigenvalue weighted by Crippen LogP contribution is -1.90. The van der Waals surface area contributed by atoms with Crippen molar-refractivity contribution in [3.8, 4) is 17.5 Å². The summed E-state index contributed by atoms with van der Waals surface area (Å²) in [5, 5.41) is 18.1. The fraction of sp³-hybridized carbons (Fsp3) is 0. The van der Waals surface area contributed by atoms with Gasteiger partial charge in [0.1, 0.15) is 0 Å². The van der Waals surface area contributed by atoms with Crippen LogP contribution in [0.1, 0.15) is 5.56 Å². The normalized spacial score (nSPS) is 10.6. The molecule has 0 atom stereocenters. The van der Waals surface area contributed by atoms with Gasteiger partial charge < -0.3 is 0 Å². The van der Waals surface area contributed by atoms with Crippen molar-refractivity contribution >= 4 is 28.8 Å². The van der Waals surface area contributed by atoms with E-state index in [1.165, 1.54) is 0 Å². The minimum Gasteiger partial charge on any atom is -0.282 e. The lowest BCUT2D eigenvalue weighted by atomic mass is 10.2. The summed E-state index contributed by atoms with van der Waals surface area (Å²) >= 11 is 12.0. The number of nitrogens with zero attached hydrogens (tertiary/aromatic N) is 4. The Kier molecular flexibility index (Phi) is 2.86. The van der Waals surface area contributed by atoms with Crippen molar-refractivity contribution in [1.29, 1.82) is 5.26 Å². The first-order chi connectivity index (χ1) is 9.17. The van der Waals surface area contributed by atoms with Gasteiger partial charge in [-0.2, -0.15) is 5.26 Å². The second-order valence-electron chi connectivity index (χ2n) is 3.94. The van der Waals surface area contributed by atoms with Gasteiger partial charge in [0, 0.05) is 27.9 Å². The minimum absolute atomic E-state index is 0.535. The largest absolute Gasteiger partial charge is 0.282 e. The van der Waals surface area contributed by atoms with Crippen LogP contribution >= 0.6 is 23.2 Å². The van der Waals surface area contributed by atoms with Crippen LogP contribution < -0.4 is 0 Å². The first-order valence-electron chi connectivity index (χ1n) is 5.39. The Labute approximate surface area is 118 Å².